The molecule has 1 amide bonds. The molecule has 25 heavy (non-hydrogen) atoms. The molecule has 148 valence electrons. The van der Waals surface area contributed by atoms with Gasteiger partial charge in [-0.05, 0) is 64.6 Å². The summed E-state index contributed by atoms with van der Waals surface area (Å²) in [7, 11) is 0. The molecule has 1 saturated heterocycles. The number of hydrogen-bond donors (Lipinski definition) is 1. The number of carbonyl (C=O) groups excluding carboxylic acids is 1. The monoisotopic (exact) mass is 355 g/mol. The van der Waals surface area contributed by atoms with Crippen molar-refractivity contribution in [3.63, 3.8) is 0 Å². The smallest absolute Gasteiger partial charge is 0.410 e. The third-order valence-electron chi connectivity index (χ3n) is 4.28. The summed E-state index contributed by atoms with van der Waals surface area (Å²) in [4.78, 5) is 16.8. The normalized spacial score (nSPS) is 19.0. The van der Waals surface area contributed by atoms with E-state index in [0.717, 1.165) is 51.7 Å². The number of likely N-dealkylation sites (tertiary alicyclic amines) is 1. The van der Waals surface area contributed by atoms with Gasteiger partial charge in [-0.1, -0.05) is 27.7 Å². The fourth-order valence-corrected chi connectivity index (χ4v) is 3.15. The Morgan fingerprint density at radius 3 is 2.48 bits per heavy atom. The van der Waals surface area contributed by atoms with Crippen LogP contribution in [-0.2, 0) is 4.74 Å². The largest absolute Gasteiger partial charge is 0.444 e. The molecule has 1 heterocycles. The molecule has 0 aromatic rings. The molecule has 0 spiro atoms. The van der Waals surface area contributed by atoms with Crippen LogP contribution in [0.25, 0.3) is 0 Å². The number of ether oxygens (including phenoxy) is 1. The van der Waals surface area contributed by atoms with E-state index in [9.17, 15) is 4.79 Å². The van der Waals surface area contributed by atoms with E-state index in [4.69, 9.17) is 4.74 Å². The van der Waals surface area contributed by atoms with Crippen LogP contribution >= 0.6 is 0 Å². The van der Waals surface area contributed by atoms with Gasteiger partial charge in [0, 0.05) is 26.2 Å². The van der Waals surface area contributed by atoms with Gasteiger partial charge in [0.2, 0.25) is 0 Å². The van der Waals surface area contributed by atoms with Gasteiger partial charge >= 0.3 is 6.09 Å². The second-order valence-electron chi connectivity index (χ2n) is 9.33. The number of rotatable bonds is 9. The maximum Gasteiger partial charge on any atom is 0.410 e. The van der Waals surface area contributed by atoms with Crippen molar-refractivity contribution in [3.8, 4) is 0 Å². The minimum Gasteiger partial charge on any atom is -0.444 e. The van der Waals surface area contributed by atoms with E-state index in [1.54, 1.807) is 0 Å². The van der Waals surface area contributed by atoms with E-state index in [1.165, 1.54) is 6.42 Å². The summed E-state index contributed by atoms with van der Waals surface area (Å²) < 4.78 is 5.57. The maximum atomic E-state index is 12.4. The lowest BCUT2D eigenvalue weighted by atomic mass is 10.1. The first kappa shape index (κ1) is 22.2. The third kappa shape index (κ3) is 10.0. The first-order valence-electron chi connectivity index (χ1n) is 9.97. The zero-order chi connectivity index (χ0) is 19.0. The van der Waals surface area contributed by atoms with Crippen LogP contribution in [0.3, 0.4) is 0 Å². The van der Waals surface area contributed by atoms with Gasteiger partial charge in [-0.25, -0.2) is 4.79 Å². The van der Waals surface area contributed by atoms with Crippen molar-refractivity contribution in [2.45, 2.75) is 60.5 Å². The van der Waals surface area contributed by atoms with Crippen molar-refractivity contribution >= 4 is 6.09 Å². The Kier molecular flexibility index (Phi) is 9.22. The standard InChI is InChI=1S/C20H41N3O2/c1-16(2)12-21-13-18-8-9-22(15-18)10-11-23(14-17(3)4)19(24)25-20(5,6)7/h16-18,21H,8-15H2,1-7H3. The van der Waals surface area contributed by atoms with Crippen LogP contribution in [0.1, 0.15) is 54.9 Å². The van der Waals surface area contributed by atoms with Crippen LogP contribution in [0, 0.1) is 17.8 Å². The quantitative estimate of drug-likeness (QED) is 0.688. The molecule has 1 rings (SSSR count). The fourth-order valence-electron chi connectivity index (χ4n) is 3.15. The Labute approximate surface area is 155 Å². The zero-order valence-corrected chi connectivity index (χ0v) is 17.6. The Hall–Kier alpha value is -0.810. The summed E-state index contributed by atoms with van der Waals surface area (Å²) >= 11 is 0. The predicted octanol–water partition coefficient (Wildman–Crippen LogP) is 3.45. The van der Waals surface area contributed by atoms with Crippen LogP contribution in [0.15, 0.2) is 0 Å². The molecule has 1 aliphatic rings. The van der Waals surface area contributed by atoms with Gasteiger partial charge in [-0.3, -0.25) is 0 Å². The Morgan fingerprint density at radius 1 is 1.24 bits per heavy atom. The predicted molar refractivity (Wildman–Crippen MR) is 105 cm³/mol. The van der Waals surface area contributed by atoms with Gasteiger partial charge in [0.1, 0.15) is 5.60 Å². The molecule has 1 atom stereocenters. The highest BCUT2D eigenvalue weighted by Crippen LogP contribution is 2.16. The van der Waals surface area contributed by atoms with Gasteiger partial charge in [0.05, 0.1) is 0 Å². The molecule has 5 heteroatoms. The van der Waals surface area contributed by atoms with Gasteiger partial charge in [-0.15, -0.1) is 0 Å². The molecule has 0 aromatic carbocycles. The van der Waals surface area contributed by atoms with E-state index in [0.29, 0.717) is 11.8 Å². The van der Waals surface area contributed by atoms with Crippen molar-refractivity contribution in [2.75, 3.05) is 45.8 Å². The molecule has 0 aliphatic carbocycles. The second kappa shape index (κ2) is 10.4. The summed E-state index contributed by atoms with van der Waals surface area (Å²) in [5.41, 5.74) is -0.437. The van der Waals surface area contributed by atoms with Crippen LogP contribution in [0.5, 0.6) is 0 Å². The highest BCUT2D eigenvalue weighted by atomic mass is 16.6. The molecule has 0 bridgehead atoms. The van der Waals surface area contributed by atoms with Crippen molar-refractivity contribution in [3.05, 3.63) is 0 Å². The fraction of sp³-hybridized carbons (Fsp3) is 0.950. The van der Waals surface area contributed by atoms with Crippen LogP contribution in [0.4, 0.5) is 4.79 Å². The van der Waals surface area contributed by atoms with Crippen molar-refractivity contribution in [1.82, 2.24) is 15.1 Å². The summed E-state index contributed by atoms with van der Waals surface area (Å²) in [6.45, 7) is 21.5. The average Bonchev–Trinajstić information content (AvgIpc) is 2.88. The van der Waals surface area contributed by atoms with Crippen LogP contribution < -0.4 is 5.32 Å². The van der Waals surface area contributed by atoms with Gasteiger partial charge in [-0.2, -0.15) is 0 Å². The van der Waals surface area contributed by atoms with Gasteiger partial charge in [0.15, 0.2) is 0 Å². The number of amides is 1. The molecule has 1 fully saturated rings. The minimum atomic E-state index is -0.437. The molecule has 1 unspecified atom stereocenters. The minimum absolute atomic E-state index is 0.185. The summed E-state index contributed by atoms with van der Waals surface area (Å²) in [6, 6.07) is 0. The SMILES string of the molecule is CC(C)CNCC1CCN(CCN(CC(C)C)C(=O)OC(C)(C)C)C1. The lowest BCUT2D eigenvalue weighted by Gasteiger charge is -2.30. The highest BCUT2D eigenvalue weighted by molar-refractivity contribution is 5.68. The van der Waals surface area contributed by atoms with Crippen molar-refractivity contribution < 1.29 is 9.53 Å². The van der Waals surface area contributed by atoms with Crippen molar-refractivity contribution in [2.24, 2.45) is 17.8 Å². The molecule has 0 radical (unpaired) electrons. The Balaban J connectivity index is 2.39. The number of carbonyl (C=O) groups is 1. The zero-order valence-electron chi connectivity index (χ0n) is 17.6. The molecular weight excluding hydrogens is 314 g/mol. The summed E-state index contributed by atoms with van der Waals surface area (Å²) in [6.07, 6.45) is 1.07. The third-order valence-corrected chi connectivity index (χ3v) is 4.28. The Morgan fingerprint density at radius 2 is 1.92 bits per heavy atom. The Bertz CT molecular complexity index is 391. The topological polar surface area (TPSA) is 44.8 Å². The van der Waals surface area contributed by atoms with E-state index in [-0.39, 0.29) is 6.09 Å². The molecule has 1 aliphatic heterocycles. The molecular formula is C20H41N3O2. The number of hydrogen-bond acceptors (Lipinski definition) is 4. The summed E-state index contributed by atoms with van der Waals surface area (Å²) in [5, 5.41) is 3.57. The average molecular weight is 356 g/mol. The lowest BCUT2D eigenvalue weighted by molar-refractivity contribution is 0.0213. The van der Waals surface area contributed by atoms with E-state index < -0.39 is 5.60 Å². The van der Waals surface area contributed by atoms with Crippen LogP contribution in [0.2, 0.25) is 0 Å². The van der Waals surface area contributed by atoms with E-state index >= 15 is 0 Å². The highest BCUT2D eigenvalue weighted by Gasteiger charge is 2.26. The molecule has 5 nitrogen and oxygen atoms in total. The van der Waals surface area contributed by atoms with Gasteiger partial charge in [0.25, 0.3) is 0 Å². The lowest BCUT2D eigenvalue weighted by Crippen LogP contribution is -2.43. The van der Waals surface area contributed by atoms with Crippen molar-refractivity contribution in [1.29, 1.82) is 0 Å². The summed E-state index contributed by atoms with van der Waals surface area (Å²) in [5.74, 6) is 1.88. The van der Waals surface area contributed by atoms with E-state index in [2.05, 4.69) is 37.9 Å². The van der Waals surface area contributed by atoms with E-state index in [1.807, 2.05) is 25.7 Å². The van der Waals surface area contributed by atoms with Crippen LogP contribution in [-0.4, -0.2) is 67.3 Å². The number of nitrogens with zero attached hydrogens (tertiary/aromatic N) is 2. The first-order chi connectivity index (χ1) is 11.6. The molecule has 0 aromatic heterocycles. The van der Waals surface area contributed by atoms with Gasteiger partial charge < -0.3 is 19.9 Å². The first-order valence-corrected chi connectivity index (χ1v) is 9.97. The molecule has 1 N–H and O–H groups in total. The second-order valence-corrected chi connectivity index (χ2v) is 9.33. The number of nitrogens with one attached hydrogen (secondary N) is 1. The molecule has 0 saturated carbocycles. The maximum absolute atomic E-state index is 12.4.